The van der Waals surface area contributed by atoms with Gasteiger partial charge in [-0.1, -0.05) is 6.92 Å². The summed E-state index contributed by atoms with van der Waals surface area (Å²) in [5, 5.41) is 3.58. The summed E-state index contributed by atoms with van der Waals surface area (Å²) in [5.74, 6) is 2.14. The smallest absolute Gasteiger partial charge is 0.193 e. The van der Waals surface area contributed by atoms with Gasteiger partial charge in [-0.15, -0.1) is 0 Å². The molecule has 0 saturated carbocycles. The van der Waals surface area contributed by atoms with Gasteiger partial charge in [0.25, 0.3) is 0 Å². The predicted octanol–water partition coefficient (Wildman–Crippen LogP) is 2.74. The summed E-state index contributed by atoms with van der Waals surface area (Å²) in [7, 11) is 0. The first-order valence-electron chi connectivity index (χ1n) is 9.66. The van der Waals surface area contributed by atoms with Crippen molar-refractivity contribution >= 4 is 5.96 Å². The summed E-state index contributed by atoms with van der Waals surface area (Å²) < 4.78 is 5.43. The van der Waals surface area contributed by atoms with Crippen LogP contribution in [0.5, 0.6) is 0 Å². The largest absolute Gasteiger partial charge is 0.469 e. The third-order valence-electron chi connectivity index (χ3n) is 5.25. The van der Waals surface area contributed by atoms with Gasteiger partial charge >= 0.3 is 0 Å². The van der Waals surface area contributed by atoms with Crippen LogP contribution in [0.1, 0.15) is 44.8 Å². The average Bonchev–Trinajstić information content (AvgIpc) is 3.30. The van der Waals surface area contributed by atoms with Crippen molar-refractivity contribution in [3.63, 3.8) is 0 Å². The fourth-order valence-corrected chi connectivity index (χ4v) is 3.84. The summed E-state index contributed by atoms with van der Waals surface area (Å²) in [4.78, 5) is 10.0. The lowest BCUT2D eigenvalue weighted by molar-refractivity contribution is 0.270. The van der Waals surface area contributed by atoms with Crippen molar-refractivity contribution in [1.29, 1.82) is 0 Å². The van der Waals surface area contributed by atoms with E-state index in [-0.39, 0.29) is 0 Å². The highest BCUT2D eigenvalue weighted by Gasteiger charge is 2.23. The van der Waals surface area contributed by atoms with Crippen molar-refractivity contribution in [3.05, 3.63) is 24.2 Å². The normalized spacial score (nSPS) is 23.0. The van der Waals surface area contributed by atoms with Crippen molar-refractivity contribution < 1.29 is 4.42 Å². The van der Waals surface area contributed by atoms with Gasteiger partial charge in [-0.3, -0.25) is 9.89 Å². The number of guanidine groups is 1. The molecule has 24 heavy (non-hydrogen) atoms. The Hall–Kier alpha value is -1.49. The molecule has 3 heterocycles. The second-order valence-corrected chi connectivity index (χ2v) is 6.89. The Balaban J connectivity index is 1.56. The van der Waals surface area contributed by atoms with E-state index in [0.29, 0.717) is 6.04 Å². The summed E-state index contributed by atoms with van der Waals surface area (Å²) in [6.07, 6.45) is 9.17. The lowest BCUT2D eigenvalue weighted by atomic mass is 10.1. The molecule has 5 nitrogen and oxygen atoms in total. The molecule has 2 aliphatic heterocycles. The van der Waals surface area contributed by atoms with Crippen LogP contribution in [0.25, 0.3) is 0 Å². The zero-order valence-electron chi connectivity index (χ0n) is 15.0. The molecule has 1 aromatic rings. The molecule has 0 radical (unpaired) electrons. The van der Waals surface area contributed by atoms with E-state index in [9.17, 15) is 0 Å². The molecule has 0 aliphatic carbocycles. The molecule has 1 N–H and O–H groups in total. The van der Waals surface area contributed by atoms with E-state index in [2.05, 4.69) is 22.0 Å². The average molecular weight is 332 g/mol. The molecular weight excluding hydrogens is 300 g/mol. The van der Waals surface area contributed by atoms with Gasteiger partial charge in [0, 0.05) is 32.1 Å². The first kappa shape index (κ1) is 17.3. The van der Waals surface area contributed by atoms with E-state index in [1.165, 1.54) is 38.6 Å². The van der Waals surface area contributed by atoms with Crippen molar-refractivity contribution in [1.82, 2.24) is 15.1 Å². The van der Waals surface area contributed by atoms with Crippen LogP contribution in [0.4, 0.5) is 0 Å². The summed E-state index contributed by atoms with van der Waals surface area (Å²) in [5.41, 5.74) is 0. The fourth-order valence-electron chi connectivity index (χ4n) is 3.84. The standard InChI is InChI=1S/C19H32N4O/c1-2-22-14-6-8-17(22)16-21-19(23-12-4-3-5-13-23)20-11-10-18-9-7-15-24-18/h7,9,15,17H,2-6,8,10-14,16H2,1H3,(H,20,21). The van der Waals surface area contributed by atoms with Gasteiger partial charge in [0.2, 0.25) is 0 Å². The van der Waals surface area contributed by atoms with Gasteiger partial charge < -0.3 is 14.6 Å². The molecule has 1 aromatic heterocycles. The Morgan fingerprint density at radius 2 is 2.12 bits per heavy atom. The number of hydrogen-bond acceptors (Lipinski definition) is 3. The topological polar surface area (TPSA) is 44.0 Å². The first-order valence-corrected chi connectivity index (χ1v) is 9.66. The summed E-state index contributed by atoms with van der Waals surface area (Å²) in [6.45, 7) is 8.71. The zero-order valence-corrected chi connectivity index (χ0v) is 15.0. The SMILES string of the molecule is CCN1CCCC1CN=C(NCCc1ccco1)N1CCCCC1. The van der Waals surface area contributed by atoms with Crippen LogP contribution in [0.3, 0.4) is 0 Å². The zero-order chi connectivity index (χ0) is 16.6. The number of likely N-dealkylation sites (tertiary alicyclic amines) is 2. The van der Waals surface area contributed by atoms with E-state index in [1.54, 1.807) is 6.26 Å². The first-order chi connectivity index (χ1) is 11.9. The number of rotatable bonds is 6. The predicted molar refractivity (Wildman–Crippen MR) is 98.4 cm³/mol. The molecule has 2 fully saturated rings. The van der Waals surface area contributed by atoms with Crippen LogP contribution >= 0.6 is 0 Å². The molecule has 3 rings (SSSR count). The van der Waals surface area contributed by atoms with Crippen LogP contribution in [0.2, 0.25) is 0 Å². The van der Waals surface area contributed by atoms with E-state index >= 15 is 0 Å². The van der Waals surface area contributed by atoms with Gasteiger partial charge in [0.15, 0.2) is 5.96 Å². The minimum absolute atomic E-state index is 0.627. The second-order valence-electron chi connectivity index (χ2n) is 6.89. The van der Waals surface area contributed by atoms with Crippen molar-refractivity contribution in [2.75, 3.05) is 39.3 Å². The van der Waals surface area contributed by atoms with E-state index in [1.807, 2.05) is 12.1 Å². The molecule has 2 saturated heterocycles. The molecule has 0 amide bonds. The van der Waals surface area contributed by atoms with Crippen LogP contribution in [-0.2, 0) is 6.42 Å². The van der Waals surface area contributed by atoms with E-state index in [4.69, 9.17) is 9.41 Å². The molecule has 5 heteroatoms. The maximum absolute atomic E-state index is 5.43. The summed E-state index contributed by atoms with van der Waals surface area (Å²) >= 11 is 0. The minimum atomic E-state index is 0.627. The Bertz CT molecular complexity index is 493. The number of aliphatic imine (C=N–C) groups is 1. The Morgan fingerprint density at radius 1 is 1.25 bits per heavy atom. The Labute approximate surface area is 146 Å². The lowest BCUT2D eigenvalue weighted by Gasteiger charge is -2.31. The number of furan rings is 1. The molecule has 1 unspecified atom stereocenters. The molecule has 0 bridgehead atoms. The highest BCUT2D eigenvalue weighted by Crippen LogP contribution is 2.17. The Kier molecular flexibility index (Phi) is 6.58. The fraction of sp³-hybridized carbons (Fsp3) is 0.737. The number of piperidine rings is 1. The van der Waals surface area contributed by atoms with E-state index in [0.717, 1.165) is 50.9 Å². The van der Waals surface area contributed by atoms with Crippen LogP contribution < -0.4 is 5.32 Å². The third-order valence-corrected chi connectivity index (χ3v) is 5.25. The van der Waals surface area contributed by atoms with Crippen LogP contribution in [0.15, 0.2) is 27.8 Å². The van der Waals surface area contributed by atoms with Crippen LogP contribution in [-0.4, -0.2) is 61.1 Å². The molecule has 0 aromatic carbocycles. The van der Waals surface area contributed by atoms with Crippen molar-refractivity contribution in [2.24, 2.45) is 4.99 Å². The number of nitrogens with zero attached hydrogens (tertiary/aromatic N) is 3. The maximum atomic E-state index is 5.43. The summed E-state index contributed by atoms with van der Waals surface area (Å²) in [6, 6.07) is 4.62. The minimum Gasteiger partial charge on any atom is -0.469 e. The molecular formula is C19H32N4O. The van der Waals surface area contributed by atoms with E-state index < -0.39 is 0 Å². The monoisotopic (exact) mass is 332 g/mol. The third kappa shape index (κ3) is 4.76. The van der Waals surface area contributed by atoms with Gasteiger partial charge in [-0.25, -0.2) is 0 Å². The second kappa shape index (κ2) is 9.11. The molecule has 1 atom stereocenters. The highest BCUT2D eigenvalue weighted by atomic mass is 16.3. The molecule has 2 aliphatic rings. The Morgan fingerprint density at radius 3 is 2.88 bits per heavy atom. The quantitative estimate of drug-likeness (QED) is 0.643. The lowest BCUT2D eigenvalue weighted by Crippen LogP contribution is -2.45. The number of nitrogens with one attached hydrogen (secondary N) is 1. The number of likely N-dealkylation sites (N-methyl/N-ethyl adjacent to an activating group) is 1. The van der Waals surface area contributed by atoms with Crippen molar-refractivity contribution in [3.8, 4) is 0 Å². The molecule has 134 valence electrons. The maximum Gasteiger partial charge on any atom is 0.193 e. The van der Waals surface area contributed by atoms with Gasteiger partial charge in [0.1, 0.15) is 5.76 Å². The highest BCUT2D eigenvalue weighted by molar-refractivity contribution is 5.80. The van der Waals surface area contributed by atoms with Gasteiger partial charge in [0.05, 0.1) is 12.8 Å². The van der Waals surface area contributed by atoms with Crippen LogP contribution in [0, 0.1) is 0 Å². The molecule has 0 spiro atoms. The van der Waals surface area contributed by atoms with Crippen molar-refractivity contribution in [2.45, 2.75) is 51.5 Å². The van der Waals surface area contributed by atoms with Gasteiger partial charge in [-0.2, -0.15) is 0 Å². The number of hydrogen-bond donors (Lipinski definition) is 1. The van der Waals surface area contributed by atoms with Gasteiger partial charge in [-0.05, 0) is 57.3 Å².